The van der Waals surface area contributed by atoms with Crippen molar-refractivity contribution in [1.29, 1.82) is 0 Å². The fourth-order valence-corrected chi connectivity index (χ4v) is 3.94. The predicted molar refractivity (Wildman–Crippen MR) is 80.3 cm³/mol. The van der Waals surface area contributed by atoms with Gasteiger partial charge in [-0.25, -0.2) is 0 Å². The second-order valence-corrected chi connectivity index (χ2v) is 6.32. The third-order valence-corrected chi connectivity index (χ3v) is 4.93. The van der Waals surface area contributed by atoms with Crippen molar-refractivity contribution in [2.45, 2.75) is 70.4 Å². The largest absolute Gasteiger partial charge is 0.375 e. The van der Waals surface area contributed by atoms with Crippen molar-refractivity contribution < 1.29 is 4.74 Å². The van der Waals surface area contributed by atoms with E-state index in [0.717, 1.165) is 31.7 Å². The van der Waals surface area contributed by atoms with Crippen molar-refractivity contribution in [1.82, 2.24) is 4.90 Å². The molecule has 1 heterocycles. The van der Waals surface area contributed by atoms with Gasteiger partial charge in [-0.1, -0.05) is 19.8 Å². The molecule has 19 heavy (non-hydrogen) atoms. The highest BCUT2D eigenvalue weighted by molar-refractivity contribution is 4.89. The highest BCUT2D eigenvalue weighted by Gasteiger charge is 2.35. The fourth-order valence-electron chi connectivity index (χ4n) is 3.94. The molecular weight excluding hydrogens is 236 g/mol. The molecule has 1 saturated heterocycles. The number of hydrogen-bond donors (Lipinski definition) is 1. The van der Waals surface area contributed by atoms with Gasteiger partial charge in [0.05, 0.1) is 12.7 Å². The summed E-state index contributed by atoms with van der Waals surface area (Å²) in [5, 5.41) is 0. The Kier molecular flexibility index (Phi) is 6.62. The van der Waals surface area contributed by atoms with E-state index in [-0.39, 0.29) is 0 Å². The van der Waals surface area contributed by atoms with Crippen molar-refractivity contribution in [3.8, 4) is 0 Å². The molecule has 3 heteroatoms. The first kappa shape index (κ1) is 15.3. The molecule has 2 aliphatic rings. The van der Waals surface area contributed by atoms with E-state index in [1.165, 1.54) is 57.9 Å². The molecule has 0 aromatic rings. The van der Waals surface area contributed by atoms with E-state index in [1.54, 1.807) is 0 Å². The highest BCUT2D eigenvalue weighted by atomic mass is 16.5. The normalized spacial score (nSPS) is 29.4. The number of morpholine rings is 1. The standard InChI is InChI=1S/C16H32N2O/c1-2-5-14(9-10-17)6-4-11-18-12-13-19-16-8-3-7-15(16)18/h14-16H,2-13,17H2,1H3. The molecule has 1 aliphatic carbocycles. The van der Waals surface area contributed by atoms with E-state index in [0.29, 0.717) is 6.10 Å². The first-order valence-electron chi connectivity index (χ1n) is 8.40. The van der Waals surface area contributed by atoms with Gasteiger partial charge in [0.1, 0.15) is 0 Å². The summed E-state index contributed by atoms with van der Waals surface area (Å²) in [5.74, 6) is 0.857. The SMILES string of the molecule is CCCC(CCN)CCCN1CCOC2CCCC21. The quantitative estimate of drug-likeness (QED) is 0.735. The summed E-state index contributed by atoms with van der Waals surface area (Å²) in [6, 6.07) is 0.730. The third-order valence-electron chi connectivity index (χ3n) is 4.93. The zero-order chi connectivity index (χ0) is 13.5. The zero-order valence-electron chi connectivity index (χ0n) is 12.7. The lowest BCUT2D eigenvalue weighted by molar-refractivity contribution is -0.0561. The van der Waals surface area contributed by atoms with Gasteiger partial charge in [0.25, 0.3) is 0 Å². The summed E-state index contributed by atoms with van der Waals surface area (Å²) in [5.41, 5.74) is 5.72. The summed E-state index contributed by atoms with van der Waals surface area (Å²) in [6.45, 7) is 6.51. The monoisotopic (exact) mass is 268 g/mol. The topological polar surface area (TPSA) is 38.5 Å². The molecule has 2 N–H and O–H groups in total. The van der Waals surface area contributed by atoms with Gasteiger partial charge in [0, 0.05) is 12.6 Å². The van der Waals surface area contributed by atoms with Gasteiger partial charge in [0.15, 0.2) is 0 Å². The van der Waals surface area contributed by atoms with E-state index in [1.807, 2.05) is 0 Å². The van der Waals surface area contributed by atoms with Crippen LogP contribution >= 0.6 is 0 Å². The maximum atomic E-state index is 5.88. The van der Waals surface area contributed by atoms with Crippen LogP contribution in [0.3, 0.4) is 0 Å². The average molecular weight is 268 g/mol. The number of rotatable bonds is 8. The van der Waals surface area contributed by atoms with Crippen LogP contribution in [0, 0.1) is 5.92 Å². The number of fused-ring (bicyclic) bond motifs is 1. The maximum Gasteiger partial charge on any atom is 0.0730 e. The summed E-state index contributed by atoms with van der Waals surface area (Å²) in [6.07, 6.45) is 11.1. The summed E-state index contributed by atoms with van der Waals surface area (Å²) < 4.78 is 5.88. The lowest BCUT2D eigenvalue weighted by atomic mass is 9.94. The number of ether oxygens (including phenoxy) is 1. The second-order valence-electron chi connectivity index (χ2n) is 6.32. The summed E-state index contributed by atoms with van der Waals surface area (Å²) in [4.78, 5) is 2.70. The van der Waals surface area contributed by atoms with Crippen molar-refractivity contribution >= 4 is 0 Å². The molecule has 0 radical (unpaired) electrons. The van der Waals surface area contributed by atoms with Crippen molar-refractivity contribution in [3.05, 3.63) is 0 Å². The second kappa shape index (κ2) is 8.23. The smallest absolute Gasteiger partial charge is 0.0730 e. The van der Waals surface area contributed by atoms with E-state index in [2.05, 4.69) is 11.8 Å². The Bertz CT molecular complexity index is 241. The number of hydrogen-bond acceptors (Lipinski definition) is 3. The van der Waals surface area contributed by atoms with Gasteiger partial charge in [-0.3, -0.25) is 4.90 Å². The van der Waals surface area contributed by atoms with E-state index in [4.69, 9.17) is 10.5 Å². The molecule has 0 bridgehead atoms. The van der Waals surface area contributed by atoms with E-state index >= 15 is 0 Å². The molecule has 1 aliphatic heterocycles. The van der Waals surface area contributed by atoms with E-state index in [9.17, 15) is 0 Å². The van der Waals surface area contributed by atoms with Gasteiger partial charge >= 0.3 is 0 Å². The van der Waals surface area contributed by atoms with Gasteiger partial charge in [-0.05, 0) is 57.5 Å². The number of nitrogens with two attached hydrogens (primary N) is 1. The van der Waals surface area contributed by atoms with Crippen molar-refractivity contribution in [2.24, 2.45) is 11.7 Å². The molecule has 0 amide bonds. The number of nitrogens with zero attached hydrogens (tertiary/aromatic N) is 1. The summed E-state index contributed by atoms with van der Waals surface area (Å²) in [7, 11) is 0. The van der Waals surface area contributed by atoms with Crippen LogP contribution in [0.2, 0.25) is 0 Å². The van der Waals surface area contributed by atoms with Crippen LogP contribution in [0.1, 0.15) is 58.3 Å². The molecule has 1 saturated carbocycles. The van der Waals surface area contributed by atoms with Crippen molar-refractivity contribution in [2.75, 3.05) is 26.2 Å². The lowest BCUT2D eigenvalue weighted by Crippen LogP contribution is -2.48. The lowest BCUT2D eigenvalue weighted by Gasteiger charge is -2.37. The minimum Gasteiger partial charge on any atom is -0.375 e. The average Bonchev–Trinajstić information content (AvgIpc) is 2.88. The first-order chi connectivity index (χ1) is 9.35. The fraction of sp³-hybridized carbons (Fsp3) is 1.00. The molecule has 3 nitrogen and oxygen atoms in total. The molecule has 2 rings (SSSR count). The molecule has 3 atom stereocenters. The molecule has 0 spiro atoms. The van der Waals surface area contributed by atoms with Crippen LogP contribution in [0.25, 0.3) is 0 Å². The van der Waals surface area contributed by atoms with Gasteiger partial charge in [-0.2, -0.15) is 0 Å². The Morgan fingerprint density at radius 2 is 2.16 bits per heavy atom. The Labute approximate surface area is 118 Å². The van der Waals surface area contributed by atoms with Crippen LogP contribution in [0.4, 0.5) is 0 Å². The molecular formula is C16H32N2O. The van der Waals surface area contributed by atoms with Crippen molar-refractivity contribution in [3.63, 3.8) is 0 Å². The molecule has 112 valence electrons. The third kappa shape index (κ3) is 4.44. The molecule has 0 aromatic carbocycles. The van der Waals surface area contributed by atoms with Crippen LogP contribution < -0.4 is 5.73 Å². The minimum atomic E-state index is 0.546. The zero-order valence-corrected chi connectivity index (χ0v) is 12.7. The Hall–Kier alpha value is -0.120. The van der Waals surface area contributed by atoms with Crippen LogP contribution in [0.5, 0.6) is 0 Å². The Morgan fingerprint density at radius 1 is 1.26 bits per heavy atom. The van der Waals surface area contributed by atoms with Gasteiger partial charge < -0.3 is 10.5 Å². The van der Waals surface area contributed by atoms with Gasteiger partial charge in [0.2, 0.25) is 0 Å². The van der Waals surface area contributed by atoms with Crippen LogP contribution in [-0.2, 0) is 4.74 Å². The van der Waals surface area contributed by atoms with Crippen LogP contribution in [0.15, 0.2) is 0 Å². The van der Waals surface area contributed by atoms with Gasteiger partial charge in [-0.15, -0.1) is 0 Å². The van der Waals surface area contributed by atoms with Crippen LogP contribution in [-0.4, -0.2) is 43.3 Å². The molecule has 3 unspecified atom stereocenters. The Balaban J connectivity index is 1.69. The predicted octanol–water partition coefficient (Wildman–Crippen LogP) is 2.79. The van der Waals surface area contributed by atoms with E-state index < -0.39 is 0 Å². The highest BCUT2D eigenvalue weighted by Crippen LogP contribution is 2.30. The molecule has 0 aromatic heterocycles. The maximum absolute atomic E-state index is 5.88. The summed E-state index contributed by atoms with van der Waals surface area (Å²) >= 11 is 0. The Morgan fingerprint density at radius 3 is 2.95 bits per heavy atom. The minimum absolute atomic E-state index is 0.546. The first-order valence-corrected chi connectivity index (χ1v) is 8.40. The molecule has 2 fully saturated rings.